The van der Waals surface area contributed by atoms with Crippen molar-refractivity contribution in [1.29, 1.82) is 0 Å². The molecule has 0 amide bonds. The molecule has 1 aliphatic rings. The first-order valence-electron chi connectivity index (χ1n) is 7.23. The Labute approximate surface area is 111 Å². The molecule has 1 heterocycles. The average molecular weight is 247 g/mol. The zero-order valence-corrected chi connectivity index (χ0v) is 11.6. The number of rotatable bonds is 3. The first-order valence-corrected chi connectivity index (χ1v) is 7.23. The molecular formula is C16H25NO. The van der Waals surface area contributed by atoms with E-state index >= 15 is 0 Å². The van der Waals surface area contributed by atoms with Gasteiger partial charge in [-0.05, 0) is 49.8 Å². The molecule has 1 fully saturated rings. The third-order valence-corrected chi connectivity index (χ3v) is 4.17. The summed E-state index contributed by atoms with van der Waals surface area (Å²) in [6.45, 7) is 6.46. The molecule has 0 spiro atoms. The van der Waals surface area contributed by atoms with Gasteiger partial charge >= 0.3 is 0 Å². The Hall–Kier alpha value is -1.02. The molecule has 2 heteroatoms. The van der Waals surface area contributed by atoms with Crippen molar-refractivity contribution >= 4 is 5.69 Å². The first kappa shape index (κ1) is 13.4. The van der Waals surface area contributed by atoms with Gasteiger partial charge in [-0.2, -0.15) is 0 Å². The van der Waals surface area contributed by atoms with E-state index in [1.54, 1.807) is 0 Å². The Bertz CT molecular complexity index is 358. The topological polar surface area (TPSA) is 23.5 Å². The predicted octanol–water partition coefficient (Wildman–Crippen LogP) is 3.76. The van der Waals surface area contributed by atoms with E-state index in [1.165, 1.54) is 44.5 Å². The molecule has 0 aliphatic carbocycles. The average Bonchev–Trinajstić information content (AvgIpc) is 2.64. The van der Waals surface area contributed by atoms with E-state index in [2.05, 4.69) is 24.0 Å². The summed E-state index contributed by atoms with van der Waals surface area (Å²) in [7, 11) is 0. The fraction of sp³-hybridized carbons (Fsp3) is 0.625. The van der Waals surface area contributed by atoms with Gasteiger partial charge in [0.05, 0.1) is 6.10 Å². The number of benzene rings is 1. The van der Waals surface area contributed by atoms with E-state index in [4.69, 9.17) is 0 Å². The molecule has 1 N–H and O–H groups in total. The van der Waals surface area contributed by atoms with Crippen LogP contribution in [0.1, 0.15) is 51.2 Å². The summed E-state index contributed by atoms with van der Waals surface area (Å²) in [5.41, 5.74) is 2.30. The number of hydrogen-bond acceptors (Lipinski definition) is 2. The second kappa shape index (κ2) is 6.24. The van der Waals surface area contributed by atoms with E-state index in [-0.39, 0.29) is 6.10 Å². The maximum Gasteiger partial charge on any atom is 0.0761 e. The normalized spacial score (nSPS) is 22.6. The molecule has 1 aliphatic heterocycles. The van der Waals surface area contributed by atoms with Gasteiger partial charge in [-0.3, -0.25) is 0 Å². The molecule has 100 valence electrons. The molecule has 2 unspecified atom stereocenters. The van der Waals surface area contributed by atoms with Gasteiger partial charge in [-0.1, -0.05) is 25.5 Å². The number of aliphatic hydroxyl groups excluding tert-OH is 1. The van der Waals surface area contributed by atoms with Crippen LogP contribution in [0.4, 0.5) is 5.69 Å². The standard InChI is InChI=1S/C16H25NO/c1-3-14-5-4-11-17(12-10-14)16-8-6-15(7-9-16)13(2)18/h6-9,13-14,18H,3-5,10-12H2,1-2H3. The summed E-state index contributed by atoms with van der Waals surface area (Å²) in [5, 5.41) is 9.52. The van der Waals surface area contributed by atoms with Crippen molar-refractivity contribution in [2.45, 2.75) is 45.6 Å². The summed E-state index contributed by atoms with van der Waals surface area (Å²) >= 11 is 0. The van der Waals surface area contributed by atoms with Gasteiger partial charge in [-0.25, -0.2) is 0 Å². The fourth-order valence-corrected chi connectivity index (χ4v) is 2.80. The minimum atomic E-state index is -0.368. The summed E-state index contributed by atoms with van der Waals surface area (Å²) in [4.78, 5) is 2.49. The molecule has 2 rings (SSSR count). The number of hydrogen-bond donors (Lipinski definition) is 1. The molecular weight excluding hydrogens is 222 g/mol. The smallest absolute Gasteiger partial charge is 0.0761 e. The molecule has 18 heavy (non-hydrogen) atoms. The van der Waals surface area contributed by atoms with Crippen LogP contribution in [-0.2, 0) is 0 Å². The van der Waals surface area contributed by atoms with Gasteiger partial charge in [0, 0.05) is 18.8 Å². The Morgan fingerprint density at radius 2 is 1.94 bits per heavy atom. The lowest BCUT2D eigenvalue weighted by Gasteiger charge is -2.23. The van der Waals surface area contributed by atoms with Crippen molar-refractivity contribution in [3.8, 4) is 0 Å². The molecule has 2 atom stereocenters. The lowest BCUT2D eigenvalue weighted by atomic mass is 9.98. The molecule has 2 nitrogen and oxygen atoms in total. The summed E-state index contributed by atoms with van der Waals surface area (Å²) in [6, 6.07) is 8.38. The maximum absolute atomic E-state index is 9.52. The second-order valence-corrected chi connectivity index (χ2v) is 5.46. The van der Waals surface area contributed by atoms with Gasteiger partial charge in [0.2, 0.25) is 0 Å². The zero-order valence-electron chi connectivity index (χ0n) is 11.6. The van der Waals surface area contributed by atoms with Crippen LogP contribution in [0.3, 0.4) is 0 Å². The van der Waals surface area contributed by atoms with Crippen molar-refractivity contribution in [2.24, 2.45) is 5.92 Å². The Kier molecular flexibility index (Phi) is 4.65. The predicted molar refractivity (Wildman–Crippen MR) is 76.9 cm³/mol. The van der Waals surface area contributed by atoms with Gasteiger partial charge in [-0.15, -0.1) is 0 Å². The Morgan fingerprint density at radius 1 is 1.22 bits per heavy atom. The molecule has 0 bridgehead atoms. The quantitative estimate of drug-likeness (QED) is 0.879. The molecule has 1 aromatic carbocycles. The third kappa shape index (κ3) is 3.26. The lowest BCUT2D eigenvalue weighted by Crippen LogP contribution is -2.24. The highest BCUT2D eigenvalue weighted by molar-refractivity contribution is 5.48. The van der Waals surface area contributed by atoms with Crippen molar-refractivity contribution in [1.82, 2.24) is 0 Å². The molecule has 0 aromatic heterocycles. The van der Waals surface area contributed by atoms with Gasteiger partial charge in [0.1, 0.15) is 0 Å². The van der Waals surface area contributed by atoms with Crippen molar-refractivity contribution in [3.63, 3.8) is 0 Å². The van der Waals surface area contributed by atoms with Crippen LogP contribution in [0.5, 0.6) is 0 Å². The highest BCUT2D eigenvalue weighted by Gasteiger charge is 2.16. The Balaban J connectivity index is 2.02. The van der Waals surface area contributed by atoms with E-state index < -0.39 is 0 Å². The van der Waals surface area contributed by atoms with E-state index in [0.29, 0.717) is 0 Å². The van der Waals surface area contributed by atoms with Gasteiger partial charge in [0.15, 0.2) is 0 Å². The van der Waals surface area contributed by atoms with Gasteiger partial charge in [0.25, 0.3) is 0 Å². The van der Waals surface area contributed by atoms with E-state index in [9.17, 15) is 5.11 Å². The van der Waals surface area contributed by atoms with Crippen molar-refractivity contribution in [3.05, 3.63) is 29.8 Å². The highest BCUT2D eigenvalue weighted by Crippen LogP contribution is 2.25. The van der Waals surface area contributed by atoms with Crippen LogP contribution in [0.15, 0.2) is 24.3 Å². The SMILES string of the molecule is CCC1CCCN(c2ccc(C(C)O)cc2)CC1. The van der Waals surface area contributed by atoms with Crippen LogP contribution in [0.2, 0.25) is 0 Å². The van der Waals surface area contributed by atoms with Crippen molar-refractivity contribution < 1.29 is 5.11 Å². The van der Waals surface area contributed by atoms with E-state index in [1.807, 2.05) is 19.1 Å². The largest absolute Gasteiger partial charge is 0.389 e. The number of anilines is 1. The van der Waals surface area contributed by atoms with Crippen molar-refractivity contribution in [2.75, 3.05) is 18.0 Å². The molecule has 0 radical (unpaired) electrons. The van der Waals surface area contributed by atoms with Crippen LogP contribution in [0, 0.1) is 5.92 Å². The molecule has 0 saturated carbocycles. The van der Waals surface area contributed by atoms with E-state index in [0.717, 1.165) is 11.5 Å². The minimum absolute atomic E-state index is 0.368. The highest BCUT2D eigenvalue weighted by atomic mass is 16.3. The molecule has 1 saturated heterocycles. The van der Waals surface area contributed by atoms with Crippen LogP contribution >= 0.6 is 0 Å². The lowest BCUT2D eigenvalue weighted by molar-refractivity contribution is 0.199. The number of aliphatic hydroxyl groups is 1. The van der Waals surface area contributed by atoms with Crippen LogP contribution in [0.25, 0.3) is 0 Å². The monoisotopic (exact) mass is 247 g/mol. The maximum atomic E-state index is 9.52. The summed E-state index contributed by atoms with van der Waals surface area (Å²) in [6.07, 6.45) is 4.94. The summed E-state index contributed by atoms with van der Waals surface area (Å²) in [5.74, 6) is 0.909. The zero-order chi connectivity index (χ0) is 13.0. The summed E-state index contributed by atoms with van der Waals surface area (Å²) < 4.78 is 0. The fourth-order valence-electron chi connectivity index (χ4n) is 2.80. The van der Waals surface area contributed by atoms with Crippen LogP contribution < -0.4 is 4.90 Å². The Morgan fingerprint density at radius 3 is 2.56 bits per heavy atom. The van der Waals surface area contributed by atoms with Gasteiger partial charge < -0.3 is 10.0 Å². The minimum Gasteiger partial charge on any atom is -0.389 e. The second-order valence-electron chi connectivity index (χ2n) is 5.46. The third-order valence-electron chi connectivity index (χ3n) is 4.17. The number of nitrogens with zero attached hydrogens (tertiary/aromatic N) is 1. The van der Waals surface area contributed by atoms with Crippen LogP contribution in [-0.4, -0.2) is 18.2 Å². The first-order chi connectivity index (χ1) is 8.70. The molecule has 1 aromatic rings.